The summed E-state index contributed by atoms with van der Waals surface area (Å²) in [4.78, 5) is 12.5. The molecule has 1 aromatic heterocycles. The standard InChI is InChI=1S/C26H24ClN5O4S/c1-3-36-21-13-11-20(12-14-21)32-25(17-7-9-19(27)10-8-17)30-31-26(32)37-16-23(33)29-28-15-18-5-4-6-22(35-2)24(18)34/h4-15,34H,3,16H2,1-2H3,(H,29,33)/b28-15+. The lowest BCUT2D eigenvalue weighted by atomic mass is 10.2. The van der Waals surface area contributed by atoms with E-state index in [1.807, 2.05) is 47.9 Å². The second-order valence-corrected chi connectivity index (χ2v) is 8.93. The van der Waals surface area contributed by atoms with Crippen molar-refractivity contribution < 1.29 is 19.4 Å². The Morgan fingerprint density at radius 3 is 2.59 bits per heavy atom. The number of rotatable bonds is 10. The molecule has 0 spiro atoms. The summed E-state index contributed by atoms with van der Waals surface area (Å²) in [6.45, 7) is 2.49. The molecule has 0 aliphatic carbocycles. The average molecular weight is 538 g/mol. The number of aromatic hydroxyl groups is 1. The number of ether oxygens (including phenoxy) is 2. The van der Waals surface area contributed by atoms with Crippen molar-refractivity contribution in [2.24, 2.45) is 5.10 Å². The van der Waals surface area contributed by atoms with Crippen LogP contribution in [0.3, 0.4) is 0 Å². The van der Waals surface area contributed by atoms with Crippen LogP contribution in [0, 0.1) is 0 Å². The molecule has 11 heteroatoms. The number of aromatic nitrogens is 3. The van der Waals surface area contributed by atoms with Gasteiger partial charge in [-0.2, -0.15) is 5.10 Å². The summed E-state index contributed by atoms with van der Waals surface area (Å²) in [5, 5.41) is 23.9. The maximum atomic E-state index is 12.5. The molecule has 0 saturated heterocycles. The second-order valence-electron chi connectivity index (χ2n) is 7.56. The number of hydrazone groups is 1. The van der Waals surface area contributed by atoms with Crippen LogP contribution in [0.1, 0.15) is 12.5 Å². The maximum Gasteiger partial charge on any atom is 0.250 e. The molecule has 9 nitrogen and oxygen atoms in total. The molecule has 1 amide bonds. The van der Waals surface area contributed by atoms with Gasteiger partial charge in [0, 0.05) is 21.8 Å². The van der Waals surface area contributed by atoms with Crippen molar-refractivity contribution in [3.8, 4) is 34.3 Å². The van der Waals surface area contributed by atoms with Gasteiger partial charge in [-0.3, -0.25) is 9.36 Å². The van der Waals surface area contributed by atoms with E-state index in [1.54, 1.807) is 30.3 Å². The van der Waals surface area contributed by atoms with Gasteiger partial charge in [-0.05, 0) is 67.6 Å². The van der Waals surface area contributed by atoms with E-state index in [2.05, 4.69) is 20.7 Å². The van der Waals surface area contributed by atoms with E-state index < -0.39 is 0 Å². The van der Waals surface area contributed by atoms with Gasteiger partial charge in [0.1, 0.15) is 5.75 Å². The number of para-hydroxylation sites is 1. The maximum absolute atomic E-state index is 12.5. The highest BCUT2D eigenvalue weighted by Gasteiger charge is 2.17. The molecule has 190 valence electrons. The predicted octanol–water partition coefficient (Wildman–Crippen LogP) is 4.94. The molecule has 1 heterocycles. The minimum atomic E-state index is -0.349. The highest BCUT2D eigenvalue weighted by Crippen LogP contribution is 2.30. The SMILES string of the molecule is CCOc1ccc(-n2c(SCC(=O)N/N=C/c3cccc(OC)c3O)nnc2-c2ccc(Cl)cc2)cc1. The van der Waals surface area contributed by atoms with Crippen molar-refractivity contribution in [2.45, 2.75) is 12.1 Å². The fraction of sp³-hybridized carbons (Fsp3) is 0.154. The summed E-state index contributed by atoms with van der Waals surface area (Å²) in [5.41, 5.74) is 4.51. The summed E-state index contributed by atoms with van der Waals surface area (Å²) in [6.07, 6.45) is 1.35. The van der Waals surface area contributed by atoms with Gasteiger partial charge in [-0.25, -0.2) is 5.43 Å². The Balaban J connectivity index is 1.51. The fourth-order valence-electron chi connectivity index (χ4n) is 3.38. The van der Waals surface area contributed by atoms with Crippen molar-refractivity contribution in [3.05, 3.63) is 77.3 Å². The number of hydrogen-bond donors (Lipinski definition) is 2. The Morgan fingerprint density at radius 2 is 1.89 bits per heavy atom. The van der Waals surface area contributed by atoms with Crippen LogP contribution in [0.25, 0.3) is 17.1 Å². The number of halogens is 1. The molecule has 0 saturated carbocycles. The molecular formula is C26H24ClN5O4S. The monoisotopic (exact) mass is 537 g/mol. The van der Waals surface area contributed by atoms with Crippen LogP contribution in [-0.4, -0.2) is 51.5 Å². The molecule has 4 aromatic rings. The predicted molar refractivity (Wildman–Crippen MR) is 144 cm³/mol. The molecule has 2 N–H and O–H groups in total. The molecule has 0 bridgehead atoms. The van der Waals surface area contributed by atoms with Crippen LogP contribution in [0.2, 0.25) is 5.02 Å². The number of thioether (sulfide) groups is 1. The highest BCUT2D eigenvalue weighted by molar-refractivity contribution is 7.99. The molecule has 0 unspecified atom stereocenters. The van der Waals surface area contributed by atoms with E-state index in [4.69, 9.17) is 21.1 Å². The van der Waals surface area contributed by atoms with Crippen LogP contribution in [0.15, 0.2) is 77.0 Å². The molecule has 0 fully saturated rings. The zero-order valence-electron chi connectivity index (χ0n) is 20.1. The number of nitrogens with one attached hydrogen (secondary N) is 1. The van der Waals surface area contributed by atoms with Gasteiger partial charge in [0.05, 0.1) is 25.7 Å². The Labute approximate surface area is 223 Å². The topological polar surface area (TPSA) is 111 Å². The zero-order valence-corrected chi connectivity index (χ0v) is 21.7. The van der Waals surface area contributed by atoms with E-state index in [9.17, 15) is 9.90 Å². The number of methoxy groups -OCH3 is 1. The lowest BCUT2D eigenvalue weighted by molar-refractivity contribution is -0.118. The molecule has 0 aliphatic rings. The molecule has 0 atom stereocenters. The first-order chi connectivity index (χ1) is 18.0. The minimum Gasteiger partial charge on any atom is -0.504 e. The van der Waals surface area contributed by atoms with Crippen molar-refractivity contribution in [2.75, 3.05) is 19.5 Å². The van der Waals surface area contributed by atoms with E-state index in [0.29, 0.717) is 33.9 Å². The molecule has 3 aromatic carbocycles. The van der Waals surface area contributed by atoms with Crippen molar-refractivity contribution >= 4 is 35.5 Å². The van der Waals surface area contributed by atoms with E-state index in [0.717, 1.165) is 17.0 Å². The van der Waals surface area contributed by atoms with Crippen molar-refractivity contribution in [1.29, 1.82) is 0 Å². The van der Waals surface area contributed by atoms with Crippen molar-refractivity contribution in [1.82, 2.24) is 20.2 Å². The Morgan fingerprint density at radius 1 is 1.14 bits per heavy atom. The number of benzene rings is 3. The van der Waals surface area contributed by atoms with Crippen LogP contribution in [0.5, 0.6) is 17.2 Å². The molecule has 37 heavy (non-hydrogen) atoms. The number of nitrogens with zero attached hydrogens (tertiary/aromatic N) is 4. The number of phenols is 1. The van der Waals surface area contributed by atoms with E-state index in [-0.39, 0.29) is 17.4 Å². The van der Waals surface area contributed by atoms with Crippen LogP contribution in [-0.2, 0) is 4.79 Å². The molecule has 0 radical (unpaired) electrons. The second kappa shape index (κ2) is 12.3. The summed E-state index contributed by atoms with van der Waals surface area (Å²) >= 11 is 7.28. The lowest BCUT2D eigenvalue weighted by Gasteiger charge is -2.11. The smallest absolute Gasteiger partial charge is 0.250 e. The zero-order chi connectivity index (χ0) is 26.2. The van der Waals surface area contributed by atoms with Gasteiger partial charge >= 0.3 is 0 Å². The number of hydrogen-bond acceptors (Lipinski definition) is 8. The van der Waals surface area contributed by atoms with E-state index in [1.165, 1.54) is 25.1 Å². The number of carbonyl (C=O) groups excluding carboxylic acids is 1. The first kappa shape index (κ1) is 26.1. The first-order valence-corrected chi connectivity index (χ1v) is 12.6. The van der Waals surface area contributed by atoms with Crippen LogP contribution in [0.4, 0.5) is 0 Å². The minimum absolute atomic E-state index is 0.0389. The molecular weight excluding hydrogens is 514 g/mol. The Kier molecular flexibility index (Phi) is 8.65. The Bertz CT molecular complexity index is 1390. The van der Waals surface area contributed by atoms with Gasteiger partial charge in [0.25, 0.3) is 5.91 Å². The van der Waals surface area contributed by atoms with Gasteiger partial charge in [0.15, 0.2) is 22.5 Å². The van der Waals surface area contributed by atoms with E-state index >= 15 is 0 Å². The third kappa shape index (κ3) is 6.41. The molecule has 4 rings (SSSR count). The lowest BCUT2D eigenvalue weighted by Crippen LogP contribution is -2.20. The third-order valence-electron chi connectivity index (χ3n) is 5.12. The van der Waals surface area contributed by atoms with Gasteiger partial charge in [0.2, 0.25) is 0 Å². The van der Waals surface area contributed by atoms with Crippen LogP contribution < -0.4 is 14.9 Å². The summed E-state index contributed by atoms with van der Waals surface area (Å²) < 4.78 is 12.5. The Hall–Kier alpha value is -4.02. The first-order valence-electron chi connectivity index (χ1n) is 11.3. The number of phenolic OH excluding ortho intramolecular Hbond substituents is 1. The molecule has 0 aliphatic heterocycles. The van der Waals surface area contributed by atoms with Gasteiger partial charge < -0.3 is 14.6 Å². The van der Waals surface area contributed by atoms with Gasteiger partial charge in [-0.1, -0.05) is 29.4 Å². The number of carbonyl (C=O) groups is 1. The van der Waals surface area contributed by atoms with Crippen molar-refractivity contribution in [3.63, 3.8) is 0 Å². The quantitative estimate of drug-likeness (QED) is 0.167. The van der Waals surface area contributed by atoms with Crippen LogP contribution >= 0.6 is 23.4 Å². The summed E-state index contributed by atoms with van der Waals surface area (Å²) in [6, 6.07) is 19.8. The highest BCUT2D eigenvalue weighted by atomic mass is 35.5. The normalized spacial score (nSPS) is 11.0. The largest absolute Gasteiger partial charge is 0.504 e. The van der Waals surface area contributed by atoms with Gasteiger partial charge in [-0.15, -0.1) is 10.2 Å². The summed E-state index contributed by atoms with van der Waals surface area (Å²) in [7, 11) is 1.46. The third-order valence-corrected chi connectivity index (χ3v) is 6.30. The fourth-order valence-corrected chi connectivity index (χ4v) is 4.25. The average Bonchev–Trinajstić information content (AvgIpc) is 3.33. The number of amides is 1. The summed E-state index contributed by atoms with van der Waals surface area (Å²) in [5.74, 6) is 1.30.